The SMILES string of the molecule is CCCc1cccc(C(NN)c2cscn2)c1. The molecule has 2 aromatic rings. The maximum Gasteiger partial charge on any atom is 0.0890 e. The summed E-state index contributed by atoms with van der Waals surface area (Å²) in [6.07, 6.45) is 2.25. The van der Waals surface area contributed by atoms with Crippen LogP contribution in [-0.2, 0) is 6.42 Å². The first-order chi connectivity index (χ1) is 8.35. The van der Waals surface area contributed by atoms with Crippen molar-refractivity contribution in [2.75, 3.05) is 0 Å². The van der Waals surface area contributed by atoms with Gasteiger partial charge in [-0.15, -0.1) is 11.3 Å². The molecule has 0 aliphatic heterocycles. The minimum atomic E-state index is -0.0157. The Kier molecular flexibility index (Phi) is 4.25. The van der Waals surface area contributed by atoms with Crippen LogP contribution in [0.4, 0.5) is 0 Å². The van der Waals surface area contributed by atoms with Crippen molar-refractivity contribution in [3.05, 3.63) is 52.0 Å². The molecule has 0 saturated heterocycles. The van der Waals surface area contributed by atoms with E-state index in [1.807, 2.05) is 10.9 Å². The topological polar surface area (TPSA) is 50.9 Å². The summed E-state index contributed by atoms with van der Waals surface area (Å²) < 4.78 is 0. The number of thiazole rings is 1. The lowest BCUT2D eigenvalue weighted by Crippen LogP contribution is -2.29. The van der Waals surface area contributed by atoms with Gasteiger partial charge in [0.1, 0.15) is 0 Å². The molecule has 0 fully saturated rings. The molecule has 0 aliphatic rings. The van der Waals surface area contributed by atoms with Crippen LogP contribution >= 0.6 is 11.3 Å². The zero-order valence-electron chi connectivity index (χ0n) is 9.89. The van der Waals surface area contributed by atoms with Gasteiger partial charge in [0.05, 0.1) is 17.2 Å². The Morgan fingerprint density at radius 1 is 1.47 bits per heavy atom. The monoisotopic (exact) mass is 247 g/mol. The summed E-state index contributed by atoms with van der Waals surface area (Å²) >= 11 is 1.59. The molecule has 0 bridgehead atoms. The lowest BCUT2D eigenvalue weighted by atomic mass is 10.0. The summed E-state index contributed by atoms with van der Waals surface area (Å²) in [5.74, 6) is 5.63. The van der Waals surface area contributed by atoms with E-state index in [9.17, 15) is 0 Å². The van der Waals surface area contributed by atoms with Gasteiger partial charge in [0.25, 0.3) is 0 Å². The van der Waals surface area contributed by atoms with E-state index in [-0.39, 0.29) is 6.04 Å². The fraction of sp³-hybridized carbons (Fsp3) is 0.308. The minimum absolute atomic E-state index is 0.0157. The number of hydrazine groups is 1. The van der Waals surface area contributed by atoms with Crippen molar-refractivity contribution in [2.45, 2.75) is 25.8 Å². The number of hydrogen-bond acceptors (Lipinski definition) is 4. The molecule has 1 aromatic heterocycles. The molecule has 2 rings (SSSR count). The number of aromatic nitrogens is 1. The van der Waals surface area contributed by atoms with E-state index in [4.69, 9.17) is 5.84 Å². The molecule has 0 radical (unpaired) electrons. The Morgan fingerprint density at radius 2 is 2.35 bits per heavy atom. The van der Waals surface area contributed by atoms with E-state index >= 15 is 0 Å². The molecule has 3 N–H and O–H groups in total. The van der Waals surface area contributed by atoms with Crippen molar-refractivity contribution in [1.29, 1.82) is 0 Å². The Hall–Kier alpha value is -1.23. The molecule has 1 heterocycles. The van der Waals surface area contributed by atoms with Crippen molar-refractivity contribution in [3.8, 4) is 0 Å². The Labute approximate surface area is 106 Å². The first-order valence-electron chi connectivity index (χ1n) is 5.78. The van der Waals surface area contributed by atoms with Crippen LogP contribution in [0.1, 0.15) is 36.2 Å². The third kappa shape index (κ3) is 2.91. The summed E-state index contributed by atoms with van der Waals surface area (Å²) in [7, 11) is 0. The van der Waals surface area contributed by atoms with Gasteiger partial charge in [-0.3, -0.25) is 5.84 Å². The average molecular weight is 247 g/mol. The number of hydrogen-bond donors (Lipinski definition) is 2. The van der Waals surface area contributed by atoms with Crippen molar-refractivity contribution >= 4 is 11.3 Å². The summed E-state index contributed by atoms with van der Waals surface area (Å²) in [5.41, 5.74) is 8.16. The quantitative estimate of drug-likeness (QED) is 0.631. The summed E-state index contributed by atoms with van der Waals surface area (Å²) in [5, 5.41) is 2.02. The van der Waals surface area contributed by atoms with E-state index in [1.165, 1.54) is 11.1 Å². The van der Waals surface area contributed by atoms with Crippen LogP contribution in [0.3, 0.4) is 0 Å². The maximum atomic E-state index is 5.63. The van der Waals surface area contributed by atoms with Gasteiger partial charge < -0.3 is 0 Å². The van der Waals surface area contributed by atoms with Gasteiger partial charge in [-0.1, -0.05) is 37.6 Å². The van der Waals surface area contributed by atoms with Gasteiger partial charge in [0.15, 0.2) is 0 Å². The van der Waals surface area contributed by atoms with E-state index in [1.54, 1.807) is 11.3 Å². The highest BCUT2D eigenvalue weighted by Crippen LogP contribution is 2.22. The third-order valence-electron chi connectivity index (χ3n) is 2.74. The molecule has 17 heavy (non-hydrogen) atoms. The van der Waals surface area contributed by atoms with Crippen LogP contribution < -0.4 is 11.3 Å². The molecule has 0 aliphatic carbocycles. The van der Waals surface area contributed by atoms with E-state index in [0.717, 1.165) is 18.5 Å². The zero-order valence-corrected chi connectivity index (χ0v) is 10.7. The third-order valence-corrected chi connectivity index (χ3v) is 3.34. The number of nitrogens with two attached hydrogens (primary N) is 1. The van der Waals surface area contributed by atoms with E-state index < -0.39 is 0 Å². The van der Waals surface area contributed by atoms with Crippen LogP contribution in [-0.4, -0.2) is 4.98 Å². The van der Waals surface area contributed by atoms with Crippen LogP contribution in [0.25, 0.3) is 0 Å². The van der Waals surface area contributed by atoms with Crippen molar-refractivity contribution in [2.24, 2.45) is 5.84 Å². The molecule has 0 saturated carbocycles. The highest BCUT2D eigenvalue weighted by molar-refractivity contribution is 7.07. The number of rotatable bonds is 5. The fourth-order valence-electron chi connectivity index (χ4n) is 1.93. The Morgan fingerprint density at radius 3 is 3.00 bits per heavy atom. The Bertz CT molecular complexity index is 453. The molecular weight excluding hydrogens is 230 g/mol. The molecule has 4 heteroatoms. The molecule has 3 nitrogen and oxygen atoms in total. The largest absolute Gasteiger partial charge is 0.271 e. The van der Waals surface area contributed by atoms with Gasteiger partial charge in [-0.05, 0) is 17.5 Å². The molecule has 0 amide bonds. The number of nitrogens with one attached hydrogen (secondary N) is 1. The summed E-state index contributed by atoms with van der Waals surface area (Å²) in [6, 6.07) is 8.51. The number of aryl methyl sites for hydroxylation is 1. The normalized spacial score (nSPS) is 12.6. The average Bonchev–Trinajstić information content (AvgIpc) is 2.85. The maximum absolute atomic E-state index is 5.63. The van der Waals surface area contributed by atoms with Gasteiger partial charge in [-0.25, -0.2) is 10.4 Å². The standard InChI is InChI=1S/C13H17N3S/c1-2-4-10-5-3-6-11(7-10)13(16-14)12-8-17-9-15-12/h3,5-9,13,16H,2,4,14H2,1H3. The minimum Gasteiger partial charge on any atom is -0.271 e. The molecule has 0 spiro atoms. The number of benzene rings is 1. The van der Waals surface area contributed by atoms with Crippen LogP contribution in [0.5, 0.6) is 0 Å². The van der Waals surface area contributed by atoms with Crippen LogP contribution in [0, 0.1) is 0 Å². The lowest BCUT2D eigenvalue weighted by molar-refractivity contribution is 0.623. The first-order valence-corrected chi connectivity index (χ1v) is 6.72. The highest BCUT2D eigenvalue weighted by atomic mass is 32.1. The summed E-state index contributed by atoms with van der Waals surface area (Å²) in [6.45, 7) is 2.19. The second kappa shape index (κ2) is 5.91. The van der Waals surface area contributed by atoms with Gasteiger partial charge >= 0.3 is 0 Å². The van der Waals surface area contributed by atoms with Crippen LogP contribution in [0.15, 0.2) is 35.2 Å². The summed E-state index contributed by atoms with van der Waals surface area (Å²) in [4.78, 5) is 4.32. The molecule has 1 unspecified atom stereocenters. The highest BCUT2D eigenvalue weighted by Gasteiger charge is 2.14. The van der Waals surface area contributed by atoms with E-state index in [2.05, 4.69) is 41.6 Å². The van der Waals surface area contributed by atoms with E-state index in [0.29, 0.717) is 0 Å². The van der Waals surface area contributed by atoms with Crippen molar-refractivity contribution in [1.82, 2.24) is 10.4 Å². The van der Waals surface area contributed by atoms with Crippen molar-refractivity contribution < 1.29 is 0 Å². The molecule has 1 atom stereocenters. The molecule has 1 aromatic carbocycles. The molecular formula is C13H17N3S. The second-order valence-electron chi connectivity index (χ2n) is 4.01. The predicted octanol–water partition coefficient (Wildman–Crippen LogP) is 2.65. The van der Waals surface area contributed by atoms with Gasteiger partial charge in [-0.2, -0.15) is 0 Å². The fourth-order valence-corrected chi connectivity index (χ4v) is 2.51. The molecule has 90 valence electrons. The van der Waals surface area contributed by atoms with Gasteiger partial charge in [0.2, 0.25) is 0 Å². The van der Waals surface area contributed by atoms with Crippen LogP contribution in [0.2, 0.25) is 0 Å². The smallest absolute Gasteiger partial charge is 0.0890 e. The number of nitrogens with zero attached hydrogens (tertiary/aromatic N) is 1. The lowest BCUT2D eigenvalue weighted by Gasteiger charge is -2.15. The zero-order chi connectivity index (χ0) is 12.1. The predicted molar refractivity (Wildman–Crippen MR) is 71.7 cm³/mol. The second-order valence-corrected chi connectivity index (χ2v) is 4.73. The Balaban J connectivity index is 2.28. The first kappa shape index (κ1) is 12.2. The van der Waals surface area contributed by atoms with Crippen molar-refractivity contribution in [3.63, 3.8) is 0 Å². The van der Waals surface area contributed by atoms with Gasteiger partial charge in [0, 0.05) is 5.38 Å².